The van der Waals surface area contributed by atoms with E-state index in [1.54, 1.807) is 12.1 Å². The third-order valence-corrected chi connectivity index (χ3v) is 8.56. The van der Waals surface area contributed by atoms with Gasteiger partial charge in [0.25, 0.3) is 5.91 Å². The number of amides is 1. The molecule has 13 heteroatoms. The topological polar surface area (TPSA) is 130 Å². The Morgan fingerprint density at radius 1 is 0.911 bits per heavy atom. The number of hydrogen-bond acceptors (Lipinski definition) is 9. The minimum atomic E-state index is -1.03. The highest BCUT2D eigenvalue weighted by atomic mass is 19.2. The number of ether oxygens (including phenoxy) is 6. The van der Waals surface area contributed by atoms with Gasteiger partial charge >= 0.3 is 5.97 Å². The van der Waals surface area contributed by atoms with Gasteiger partial charge in [0.2, 0.25) is 12.5 Å². The number of rotatable bonds is 7. The molecule has 1 aromatic heterocycles. The lowest BCUT2D eigenvalue weighted by Crippen LogP contribution is -2.43. The van der Waals surface area contributed by atoms with Crippen LogP contribution in [0, 0.1) is 23.5 Å². The molecule has 2 aliphatic heterocycles. The monoisotopic (exact) mass is 619 g/mol. The molecule has 3 heterocycles. The van der Waals surface area contributed by atoms with E-state index >= 15 is 0 Å². The summed E-state index contributed by atoms with van der Waals surface area (Å²) < 4.78 is 61.0. The van der Waals surface area contributed by atoms with E-state index in [9.17, 15) is 18.4 Å². The number of aromatic nitrogens is 2. The predicted molar refractivity (Wildman–Crippen MR) is 153 cm³/mol. The number of esters is 1. The fraction of sp³-hybridized carbons (Fsp3) is 0.281. The summed E-state index contributed by atoms with van der Waals surface area (Å²) in [5.41, 5.74) is 2.80. The highest BCUT2D eigenvalue weighted by molar-refractivity contribution is 5.94. The van der Waals surface area contributed by atoms with Crippen LogP contribution in [0.15, 0.2) is 48.5 Å². The summed E-state index contributed by atoms with van der Waals surface area (Å²) in [7, 11) is 4.54. The van der Waals surface area contributed by atoms with E-state index in [0.29, 0.717) is 45.4 Å². The van der Waals surface area contributed by atoms with Gasteiger partial charge in [-0.25, -0.2) is 8.78 Å². The normalized spacial score (nSPS) is 21.0. The van der Waals surface area contributed by atoms with Crippen LogP contribution < -0.4 is 29.0 Å². The number of H-pyrrole nitrogens is 1. The van der Waals surface area contributed by atoms with E-state index in [2.05, 4.69) is 15.5 Å². The number of cyclic esters (lactones) is 1. The van der Waals surface area contributed by atoms with Crippen LogP contribution in [0.5, 0.6) is 28.7 Å². The molecule has 3 aliphatic rings. The molecular formula is C32H27F2N3O8. The van der Waals surface area contributed by atoms with Gasteiger partial charge in [0.05, 0.1) is 45.6 Å². The van der Waals surface area contributed by atoms with Crippen molar-refractivity contribution >= 4 is 11.9 Å². The number of methoxy groups -OCH3 is 3. The first kappa shape index (κ1) is 28.4. The average molecular weight is 620 g/mol. The number of halogens is 2. The highest BCUT2D eigenvalue weighted by Gasteiger charge is 2.53. The summed E-state index contributed by atoms with van der Waals surface area (Å²) in [5.74, 6) is -2.38. The molecule has 1 aliphatic carbocycles. The Morgan fingerprint density at radius 3 is 2.29 bits per heavy atom. The van der Waals surface area contributed by atoms with E-state index in [4.69, 9.17) is 28.4 Å². The summed E-state index contributed by atoms with van der Waals surface area (Å²) >= 11 is 0. The fourth-order valence-electron chi connectivity index (χ4n) is 6.49. The maximum atomic E-state index is 13.8. The van der Waals surface area contributed by atoms with Crippen LogP contribution in [-0.2, 0) is 9.53 Å². The van der Waals surface area contributed by atoms with Crippen LogP contribution in [-0.4, -0.2) is 56.8 Å². The molecule has 0 radical (unpaired) electrons. The Balaban J connectivity index is 1.31. The van der Waals surface area contributed by atoms with Crippen LogP contribution in [0.2, 0.25) is 0 Å². The van der Waals surface area contributed by atoms with Crippen LogP contribution in [0.3, 0.4) is 0 Å². The number of carbonyl (C=O) groups is 2. The zero-order valence-corrected chi connectivity index (χ0v) is 24.3. The van der Waals surface area contributed by atoms with Gasteiger partial charge in [0.1, 0.15) is 5.69 Å². The smallest absolute Gasteiger partial charge is 0.310 e. The van der Waals surface area contributed by atoms with Crippen LogP contribution in [0.1, 0.15) is 39.1 Å². The standard InChI is InChI=1S/C32H27F2N3O8/c1-40-25-7-15(8-26(41-2)30(25)42-3)27-16-9-23-24(45-13-44-23)10-17(16)29(18-12-43-32(39)28(18)27)35-31(38)22-11-21(36-37-22)14-4-5-19(33)20(34)6-14/h4-11,18,27-29H,12-13H2,1-3H3,(H,35,38)(H,36,37)/t18-,27+,28-,29+/m0/s1. The van der Waals surface area contributed by atoms with Crippen LogP contribution in [0.4, 0.5) is 8.78 Å². The van der Waals surface area contributed by atoms with Crippen molar-refractivity contribution in [3.63, 3.8) is 0 Å². The summed E-state index contributed by atoms with van der Waals surface area (Å²) in [5, 5.41) is 9.84. The predicted octanol–water partition coefficient (Wildman–Crippen LogP) is 4.52. The van der Waals surface area contributed by atoms with Crippen LogP contribution in [0.25, 0.3) is 11.3 Å². The van der Waals surface area contributed by atoms with Gasteiger partial charge in [0, 0.05) is 17.4 Å². The summed E-state index contributed by atoms with van der Waals surface area (Å²) in [6.07, 6.45) is 0. The minimum Gasteiger partial charge on any atom is -0.493 e. The van der Waals surface area contributed by atoms with Crippen molar-refractivity contribution < 1.29 is 46.8 Å². The van der Waals surface area contributed by atoms with Crippen molar-refractivity contribution in [1.29, 1.82) is 0 Å². The fourth-order valence-corrected chi connectivity index (χ4v) is 6.49. The second-order valence-corrected chi connectivity index (χ2v) is 10.8. The largest absolute Gasteiger partial charge is 0.493 e. The molecular weight excluding hydrogens is 592 g/mol. The van der Waals surface area contributed by atoms with Crippen molar-refractivity contribution in [3.05, 3.63) is 82.5 Å². The van der Waals surface area contributed by atoms with E-state index in [1.807, 2.05) is 12.1 Å². The first-order valence-electron chi connectivity index (χ1n) is 14.0. The maximum Gasteiger partial charge on any atom is 0.310 e. The molecule has 1 saturated heterocycles. The SMILES string of the molecule is COc1cc([C@@H]2c3cc4c(cc3[C@@H](NC(=O)c3cc(-c5ccc(F)c(F)c5)n[nH]3)[C@H]3COC(=O)[C@H]23)OCO4)cc(OC)c1OC. The van der Waals surface area contributed by atoms with Gasteiger partial charge < -0.3 is 33.7 Å². The first-order valence-corrected chi connectivity index (χ1v) is 14.0. The Labute approximate surface area is 255 Å². The third kappa shape index (κ3) is 4.66. The van der Waals surface area contributed by atoms with Gasteiger partial charge in [-0.05, 0) is 65.2 Å². The number of benzene rings is 3. The second kappa shape index (κ2) is 11.0. The molecule has 0 saturated carbocycles. The third-order valence-electron chi connectivity index (χ3n) is 8.56. The van der Waals surface area contributed by atoms with Gasteiger partial charge in [-0.15, -0.1) is 0 Å². The van der Waals surface area contributed by atoms with Gasteiger partial charge in [-0.2, -0.15) is 5.10 Å². The van der Waals surface area contributed by atoms with Crippen molar-refractivity contribution in [1.82, 2.24) is 15.5 Å². The molecule has 1 amide bonds. The average Bonchev–Trinajstić information content (AvgIpc) is 3.81. The number of aromatic amines is 1. The molecule has 4 aromatic rings. The molecule has 3 aromatic carbocycles. The van der Waals surface area contributed by atoms with Gasteiger partial charge in [0.15, 0.2) is 34.6 Å². The second-order valence-electron chi connectivity index (χ2n) is 10.8. The van der Waals surface area contributed by atoms with E-state index in [-0.39, 0.29) is 24.8 Å². The number of fused-ring (bicyclic) bond motifs is 3. The zero-order valence-electron chi connectivity index (χ0n) is 24.3. The van der Waals surface area contributed by atoms with Crippen molar-refractivity contribution in [2.75, 3.05) is 34.7 Å². The van der Waals surface area contributed by atoms with Gasteiger partial charge in [-0.1, -0.05) is 0 Å². The highest BCUT2D eigenvalue weighted by Crippen LogP contribution is 2.55. The Bertz CT molecular complexity index is 1820. The molecule has 0 bridgehead atoms. The molecule has 2 N–H and O–H groups in total. The molecule has 7 rings (SSSR count). The zero-order chi connectivity index (χ0) is 31.4. The molecule has 1 fully saturated rings. The summed E-state index contributed by atoms with van der Waals surface area (Å²) in [6.45, 7) is 0.0895. The van der Waals surface area contributed by atoms with Gasteiger partial charge in [-0.3, -0.25) is 14.7 Å². The van der Waals surface area contributed by atoms with Crippen LogP contribution >= 0.6 is 0 Å². The lowest BCUT2D eigenvalue weighted by atomic mass is 9.65. The number of carbonyl (C=O) groups excluding carboxylic acids is 2. The Morgan fingerprint density at radius 2 is 1.62 bits per heavy atom. The number of nitrogens with one attached hydrogen (secondary N) is 2. The lowest BCUT2D eigenvalue weighted by Gasteiger charge is -2.39. The molecule has 0 spiro atoms. The molecule has 45 heavy (non-hydrogen) atoms. The quantitative estimate of drug-likeness (QED) is 0.287. The van der Waals surface area contributed by atoms with Crippen molar-refractivity contribution in [2.45, 2.75) is 12.0 Å². The van der Waals surface area contributed by atoms with Crippen molar-refractivity contribution in [2.24, 2.45) is 11.8 Å². The first-order chi connectivity index (χ1) is 21.8. The molecule has 4 atom stereocenters. The molecule has 11 nitrogen and oxygen atoms in total. The lowest BCUT2D eigenvalue weighted by molar-refractivity contribution is -0.141. The molecule has 0 unspecified atom stereocenters. The minimum absolute atomic E-state index is 0.0277. The Kier molecular flexibility index (Phi) is 6.94. The van der Waals surface area contributed by atoms with E-state index in [1.165, 1.54) is 33.5 Å². The summed E-state index contributed by atoms with van der Waals surface area (Å²) in [6, 6.07) is 11.4. The van der Waals surface area contributed by atoms with Crippen molar-refractivity contribution in [3.8, 4) is 40.0 Å². The number of nitrogens with zero attached hydrogens (tertiary/aromatic N) is 1. The molecule has 232 valence electrons. The maximum absolute atomic E-state index is 13.8. The van der Waals surface area contributed by atoms with E-state index < -0.39 is 47.3 Å². The van der Waals surface area contributed by atoms with E-state index in [0.717, 1.165) is 17.7 Å². The Hall–Kier alpha value is -5.33. The summed E-state index contributed by atoms with van der Waals surface area (Å²) in [4.78, 5) is 27.1. The number of hydrogen-bond donors (Lipinski definition) is 2.